The molecule has 1 aliphatic heterocycles. The third-order valence-electron chi connectivity index (χ3n) is 4.72. The number of nitrogens with zero attached hydrogens (tertiary/aromatic N) is 4. The molecule has 1 spiro atoms. The Labute approximate surface area is 142 Å². The highest BCUT2D eigenvalue weighted by atomic mass is 35.5. The lowest BCUT2D eigenvalue weighted by Gasteiger charge is -2.34. The Bertz CT molecular complexity index is 895. The number of hydrogen-bond donors (Lipinski definition) is 0. The van der Waals surface area contributed by atoms with E-state index in [4.69, 9.17) is 11.6 Å². The average molecular weight is 345 g/mol. The Morgan fingerprint density at radius 2 is 2.12 bits per heavy atom. The van der Waals surface area contributed by atoms with E-state index in [1.807, 2.05) is 6.92 Å². The van der Waals surface area contributed by atoms with Crippen LogP contribution >= 0.6 is 11.6 Å². The quantitative estimate of drug-likeness (QED) is 0.474. The number of anilines is 1. The van der Waals surface area contributed by atoms with Crippen molar-refractivity contribution in [1.29, 1.82) is 0 Å². The number of aryl methyl sites for hydroxylation is 1. The Morgan fingerprint density at radius 3 is 2.79 bits per heavy atom. The summed E-state index contributed by atoms with van der Waals surface area (Å²) < 4.78 is 0. The predicted molar refractivity (Wildman–Crippen MR) is 87.0 cm³/mol. The molecule has 1 amide bonds. The highest BCUT2D eigenvalue weighted by Gasteiger charge is 2.58. The lowest BCUT2D eigenvalue weighted by atomic mass is 9.91. The molecular weight excluding hydrogens is 332 g/mol. The molecule has 24 heavy (non-hydrogen) atoms. The van der Waals surface area contributed by atoms with Gasteiger partial charge in [0.15, 0.2) is 0 Å². The molecule has 122 valence electrons. The molecule has 0 bridgehead atoms. The van der Waals surface area contributed by atoms with Gasteiger partial charge in [0, 0.05) is 23.9 Å². The van der Waals surface area contributed by atoms with Crippen molar-refractivity contribution in [3.63, 3.8) is 0 Å². The van der Waals surface area contributed by atoms with Crippen LogP contribution in [0.5, 0.6) is 0 Å². The molecule has 1 aromatic carbocycles. The summed E-state index contributed by atoms with van der Waals surface area (Å²) in [5.41, 5.74) is 2.21. The second-order valence-electron chi connectivity index (χ2n) is 6.21. The van der Waals surface area contributed by atoms with Gasteiger partial charge in [0.1, 0.15) is 0 Å². The zero-order chi connectivity index (χ0) is 17.1. The molecule has 1 aromatic heterocycles. The van der Waals surface area contributed by atoms with Gasteiger partial charge in [-0.3, -0.25) is 14.9 Å². The van der Waals surface area contributed by atoms with Crippen LogP contribution in [0.25, 0.3) is 0 Å². The average Bonchev–Trinajstić information content (AvgIpc) is 3.34. The van der Waals surface area contributed by atoms with E-state index in [-0.39, 0.29) is 23.4 Å². The highest BCUT2D eigenvalue weighted by Crippen LogP contribution is 2.53. The fraction of sp³-hybridized carbons (Fsp3) is 0.312. The number of hydrogen-bond acceptors (Lipinski definition) is 5. The van der Waals surface area contributed by atoms with Crippen LogP contribution in [0.1, 0.15) is 29.7 Å². The van der Waals surface area contributed by atoms with Crippen molar-refractivity contribution >= 4 is 28.9 Å². The Morgan fingerprint density at radius 1 is 1.38 bits per heavy atom. The van der Waals surface area contributed by atoms with Crippen molar-refractivity contribution in [3.8, 4) is 0 Å². The molecule has 4 rings (SSSR count). The maximum absolute atomic E-state index is 13.1. The molecule has 1 saturated carbocycles. The second-order valence-corrected chi connectivity index (χ2v) is 6.55. The largest absolute Gasteiger partial charge is 0.307 e. The first-order chi connectivity index (χ1) is 11.4. The fourth-order valence-corrected chi connectivity index (χ4v) is 3.42. The van der Waals surface area contributed by atoms with Crippen molar-refractivity contribution in [2.24, 2.45) is 0 Å². The number of non-ortho nitro benzene ring substituents is 1. The smallest absolute Gasteiger partial charge is 0.271 e. The minimum absolute atomic E-state index is 0.0357. The minimum atomic E-state index is -0.656. The molecule has 8 heteroatoms. The highest BCUT2D eigenvalue weighted by molar-refractivity contribution is 6.28. The van der Waals surface area contributed by atoms with Crippen LogP contribution in [-0.4, -0.2) is 20.8 Å². The molecule has 2 aromatic rings. The molecule has 0 unspecified atom stereocenters. The van der Waals surface area contributed by atoms with E-state index >= 15 is 0 Å². The molecule has 0 N–H and O–H groups in total. The number of carbonyl (C=O) groups excluding carboxylic acids is 1. The van der Waals surface area contributed by atoms with Crippen LogP contribution in [0.3, 0.4) is 0 Å². The molecule has 0 saturated heterocycles. The van der Waals surface area contributed by atoms with E-state index in [1.54, 1.807) is 17.2 Å². The number of benzene rings is 1. The summed E-state index contributed by atoms with van der Waals surface area (Å²) in [5, 5.41) is 11.2. The SMILES string of the molecule is Cc1ccc([N+](=O)[O-])cc1N1Cc2cnc(Cl)nc2C2(CC2)C1=O. The van der Waals surface area contributed by atoms with Crippen LogP contribution in [0, 0.1) is 17.0 Å². The third kappa shape index (κ3) is 2.08. The zero-order valence-corrected chi connectivity index (χ0v) is 13.6. The summed E-state index contributed by atoms with van der Waals surface area (Å²) in [6.07, 6.45) is 3.05. The number of aromatic nitrogens is 2. The number of carbonyl (C=O) groups is 1. The summed E-state index contributed by atoms with van der Waals surface area (Å²) in [5.74, 6) is -0.0756. The maximum atomic E-state index is 13.1. The van der Waals surface area contributed by atoms with Crippen LogP contribution in [0.2, 0.25) is 5.28 Å². The first-order valence-corrected chi connectivity index (χ1v) is 7.89. The van der Waals surface area contributed by atoms with Gasteiger partial charge < -0.3 is 4.90 Å². The van der Waals surface area contributed by atoms with Gasteiger partial charge in [-0.05, 0) is 36.9 Å². The van der Waals surface area contributed by atoms with Gasteiger partial charge in [0.25, 0.3) is 5.69 Å². The number of rotatable bonds is 2. The van der Waals surface area contributed by atoms with Crippen molar-refractivity contribution < 1.29 is 9.72 Å². The van der Waals surface area contributed by atoms with Crippen LogP contribution in [-0.2, 0) is 16.8 Å². The Kier molecular flexibility index (Phi) is 3.11. The Hall–Kier alpha value is -2.54. The molecule has 0 radical (unpaired) electrons. The van der Waals surface area contributed by atoms with E-state index in [1.165, 1.54) is 12.1 Å². The van der Waals surface area contributed by atoms with Gasteiger partial charge in [0.2, 0.25) is 11.2 Å². The van der Waals surface area contributed by atoms with Crippen molar-refractivity contribution in [2.45, 2.75) is 31.7 Å². The van der Waals surface area contributed by atoms with E-state index in [9.17, 15) is 14.9 Å². The number of halogens is 1. The molecule has 7 nitrogen and oxygen atoms in total. The van der Waals surface area contributed by atoms with E-state index in [0.717, 1.165) is 11.1 Å². The zero-order valence-electron chi connectivity index (χ0n) is 12.8. The molecule has 0 atom stereocenters. The van der Waals surface area contributed by atoms with Crippen LogP contribution in [0.15, 0.2) is 24.4 Å². The van der Waals surface area contributed by atoms with Crippen molar-refractivity contribution in [3.05, 3.63) is 56.6 Å². The number of fused-ring (bicyclic) bond motifs is 2. The van der Waals surface area contributed by atoms with Gasteiger partial charge >= 0.3 is 0 Å². The molecule has 1 fully saturated rings. The number of amides is 1. The normalized spacial score (nSPS) is 17.8. The van der Waals surface area contributed by atoms with Gasteiger partial charge in [-0.2, -0.15) is 0 Å². The summed E-state index contributed by atoms with van der Waals surface area (Å²) in [4.78, 5) is 33.6. The van der Waals surface area contributed by atoms with Gasteiger partial charge in [-0.1, -0.05) is 6.07 Å². The van der Waals surface area contributed by atoms with Gasteiger partial charge in [-0.25, -0.2) is 9.97 Å². The lowest BCUT2D eigenvalue weighted by Crippen LogP contribution is -2.45. The van der Waals surface area contributed by atoms with Crippen LogP contribution in [0.4, 0.5) is 11.4 Å². The van der Waals surface area contributed by atoms with E-state index < -0.39 is 10.3 Å². The first-order valence-electron chi connectivity index (χ1n) is 7.51. The molecule has 2 aliphatic rings. The summed E-state index contributed by atoms with van der Waals surface area (Å²) in [6, 6.07) is 4.55. The molecule has 2 heterocycles. The summed E-state index contributed by atoms with van der Waals surface area (Å²) in [6.45, 7) is 2.12. The van der Waals surface area contributed by atoms with E-state index in [2.05, 4.69) is 9.97 Å². The summed E-state index contributed by atoms with van der Waals surface area (Å²) >= 11 is 5.89. The van der Waals surface area contributed by atoms with Crippen molar-refractivity contribution in [1.82, 2.24) is 9.97 Å². The van der Waals surface area contributed by atoms with Crippen molar-refractivity contribution in [2.75, 3.05) is 4.90 Å². The number of nitro benzene ring substituents is 1. The third-order valence-corrected chi connectivity index (χ3v) is 4.90. The van der Waals surface area contributed by atoms with Gasteiger partial charge in [-0.15, -0.1) is 0 Å². The lowest BCUT2D eigenvalue weighted by molar-refractivity contribution is -0.384. The second kappa shape index (κ2) is 4.98. The minimum Gasteiger partial charge on any atom is -0.307 e. The molecular formula is C16H13ClN4O3. The fourth-order valence-electron chi connectivity index (χ4n) is 3.29. The van der Waals surface area contributed by atoms with E-state index in [0.29, 0.717) is 24.2 Å². The predicted octanol–water partition coefficient (Wildman–Crippen LogP) is 2.93. The van der Waals surface area contributed by atoms with Gasteiger partial charge in [0.05, 0.1) is 28.3 Å². The topological polar surface area (TPSA) is 89.2 Å². The maximum Gasteiger partial charge on any atom is 0.271 e. The number of nitro groups is 1. The molecule has 1 aliphatic carbocycles. The summed E-state index contributed by atoms with van der Waals surface area (Å²) in [7, 11) is 0. The van der Waals surface area contributed by atoms with Crippen LogP contribution < -0.4 is 4.90 Å². The Balaban J connectivity index is 1.84. The first kappa shape index (κ1) is 15.0. The standard InChI is InChI=1S/C16H13ClN4O3/c1-9-2-3-11(21(23)24)6-12(9)20-8-10-7-18-15(17)19-13(10)16(4-5-16)14(20)22/h2-3,6-7H,4-5,8H2,1H3. The monoisotopic (exact) mass is 344 g/mol.